The summed E-state index contributed by atoms with van der Waals surface area (Å²) in [7, 11) is 1.82. The first-order chi connectivity index (χ1) is 6.70. The van der Waals surface area contributed by atoms with Crippen LogP contribution in [-0.4, -0.2) is 16.1 Å². The first-order valence-corrected chi connectivity index (χ1v) is 5.13. The topological polar surface area (TPSA) is 34.9 Å². The van der Waals surface area contributed by atoms with Gasteiger partial charge in [0, 0.05) is 13.2 Å². The van der Waals surface area contributed by atoms with E-state index in [1.807, 2.05) is 20.0 Å². The summed E-state index contributed by atoms with van der Waals surface area (Å²) in [6.07, 6.45) is 2.58. The zero-order chi connectivity index (χ0) is 10.1. The summed E-state index contributed by atoms with van der Waals surface area (Å²) in [4.78, 5) is 11.8. The van der Waals surface area contributed by atoms with Gasteiger partial charge >= 0.3 is 0 Å². The third-order valence-corrected chi connectivity index (χ3v) is 3.00. The molecule has 0 unspecified atom stereocenters. The van der Waals surface area contributed by atoms with E-state index in [1.165, 1.54) is 5.56 Å². The van der Waals surface area contributed by atoms with Gasteiger partial charge in [0.05, 0.1) is 10.4 Å². The highest BCUT2D eigenvalue weighted by Gasteiger charge is 2.10. The molecule has 0 radical (unpaired) electrons. The fourth-order valence-corrected chi connectivity index (χ4v) is 2.25. The second-order valence-corrected chi connectivity index (χ2v) is 4.12. The Hall–Kier alpha value is -1.42. The highest BCUT2D eigenvalue weighted by molar-refractivity contribution is 7.13. The third kappa shape index (κ3) is 1.48. The van der Waals surface area contributed by atoms with Crippen molar-refractivity contribution in [3.05, 3.63) is 28.8 Å². The molecule has 0 saturated carbocycles. The monoisotopic (exact) mass is 206 g/mol. The minimum atomic E-state index is 0.648. The molecule has 0 amide bonds. The number of nitrogens with zero attached hydrogens (tertiary/aromatic N) is 2. The molecule has 72 valence electrons. The zero-order valence-corrected chi connectivity index (χ0v) is 8.84. The van der Waals surface area contributed by atoms with Crippen molar-refractivity contribution in [3.8, 4) is 10.6 Å². The van der Waals surface area contributed by atoms with Crippen molar-refractivity contribution in [1.82, 2.24) is 9.78 Å². The summed E-state index contributed by atoms with van der Waals surface area (Å²) in [5.41, 5.74) is 2.63. The van der Waals surface area contributed by atoms with Crippen molar-refractivity contribution in [1.29, 1.82) is 0 Å². The van der Waals surface area contributed by atoms with Crippen molar-refractivity contribution in [2.45, 2.75) is 6.92 Å². The van der Waals surface area contributed by atoms with Crippen LogP contribution in [0.3, 0.4) is 0 Å². The lowest BCUT2D eigenvalue weighted by Crippen LogP contribution is -1.86. The number of rotatable bonds is 2. The Morgan fingerprint density at radius 2 is 2.36 bits per heavy atom. The Morgan fingerprint density at radius 3 is 2.93 bits per heavy atom. The van der Waals surface area contributed by atoms with E-state index < -0.39 is 0 Å². The van der Waals surface area contributed by atoms with Crippen LogP contribution < -0.4 is 0 Å². The summed E-state index contributed by atoms with van der Waals surface area (Å²) in [5.74, 6) is 0. The minimum Gasteiger partial charge on any atom is -0.298 e. The van der Waals surface area contributed by atoms with E-state index in [0.717, 1.165) is 16.9 Å². The smallest absolute Gasteiger partial charge is 0.153 e. The van der Waals surface area contributed by atoms with Gasteiger partial charge in [-0.1, -0.05) is 0 Å². The van der Waals surface area contributed by atoms with Crippen LogP contribution in [-0.2, 0) is 7.05 Å². The first-order valence-electron chi connectivity index (χ1n) is 4.25. The number of aryl methyl sites for hydroxylation is 2. The van der Waals surface area contributed by atoms with Gasteiger partial charge in [0.15, 0.2) is 6.29 Å². The maximum atomic E-state index is 10.8. The molecule has 0 aromatic carbocycles. The van der Waals surface area contributed by atoms with E-state index in [0.29, 0.717) is 5.56 Å². The average molecular weight is 206 g/mol. The molecule has 0 atom stereocenters. The van der Waals surface area contributed by atoms with Crippen LogP contribution in [0.2, 0.25) is 0 Å². The lowest BCUT2D eigenvalue weighted by molar-refractivity contribution is 0.112. The van der Waals surface area contributed by atoms with Crippen LogP contribution in [0.15, 0.2) is 17.6 Å². The van der Waals surface area contributed by atoms with Gasteiger partial charge in [-0.15, -0.1) is 11.3 Å². The van der Waals surface area contributed by atoms with Crippen LogP contribution in [0.1, 0.15) is 15.9 Å². The molecule has 14 heavy (non-hydrogen) atoms. The Kier molecular flexibility index (Phi) is 2.21. The number of aldehydes is 1. The number of carbonyl (C=O) groups is 1. The minimum absolute atomic E-state index is 0.648. The van der Waals surface area contributed by atoms with Crippen LogP contribution in [0, 0.1) is 6.92 Å². The molecule has 0 fully saturated rings. The zero-order valence-electron chi connectivity index (χ0n) is 8.02. The van der Waals surface area contributed by atoms with Crippen LogP contribution >= 0.6 is 11.3 Å². The van der Waals surface area contributed by atoms with Crippen molar-refractivity contribution in [3.63, 3.8) is 0 Å². The summed E-state index contributed by atoms with van der Waals surface area (Å²) >= 11 is 1.61. The van der Waals surface area contributed by atoms with Crippen LogP contribution in [0.5, 0.6) is 0 Å². The summed E-state index contributed by atoms with van der Waals surface area (Å²) in [5, 5.41) is 6.32. The fraction of sp³-hybridized carbons (Fsp3) is 0.200. The van der Waals surface area contributed by atoms with Crippen LogP contribution in [0.25, 0.3) is 10.6 Å². The Morgan fingerprint density at radius 1 is 1.57 bits per heavy atom. The van der Waals surface area contributed by atoms with Gasteiger partial charge < -0.3 is 0 Å². The third-order valence-electron chi connectivity index (χ3n) is 1.95. The number of carbonyl (C=O) groups excluding carboxylic acids is 1. The molecule has 0 saturated heterocycles. The number of hydrogen-bond donors (Lipinski definition) is 0. The number of aromatic nitrogens is 2. The molecule has 2 aromatic heterocycles. The highest BCUT2D eigenvalue weighted by atomic mass is 32.1. The van der Waals surface area contributed by atoms with Gasteiger partial charge in [-0.3, -0.25) is 9.48 Å². The van der Waals surface area contributed by atoms with Crippen molar-refractivity contribution < 1.29 is 4.79 Å². The summed E-state index contributed by atoms with van der Waals surface area (Å²) < 4.78 is 1.66. The molecule has 0 spiro atoms. The van der Waals surface area contributed by atoms with E-state index in [4.69, 9.17) is 0 Å². The van der Waals surface area contributed by atoms with E-state index >= 15 is 0 Å². The molecule has 2 heterocycles. The second-order valence-electron chi connectivity index (χ2n) is 3.21. The fourth-order valence-electron chi connectivity index (χ4n) is 1.34. The van der Waals surface area contributed by atoms with E-state index in [2.05, 4.69) is 10.5 Å². The predicted molar refractivity (Wildman–Crippen MR) is 56.6 cm³/mol. The Balaban J connectivity index is 2.55. The summed E-state index contributed by atoms with van der Waals surface area (Å²) in [6, 6.07) is 2.04. The molecular weight excluding hydrogens is 196 g/mol. The number of thiophene rings is 1. The first kappa shape index (κ1) is 9.15. The van der Waals surface area contributed by atoms with Gasteiger partial charge in [0.25, 0.3) is 0 Å². The van der Waals surface area contributed by atoms with E-state index in [9.17, 15) is 4.79 Å². The molecule has 4 heteroatoms. The highest BCUT2D eigenvalue weighted by Crippen LogP contribution is 2.27. The van der Waals surface area contributed by atoms with E-state index in [1.54, 1.807) is 22.2 Å². The van der Waals surface area contributed by atoms with Gasteiger partial charge in [-0.05, 0) is 23.9 Å². The van der Waals surface area contributed by atoms with Gasteiger partial charge in [0.1, 0.15) is 5.69 Å². The van der Waals surface area contributed by atoms with Gasteiger partial charge in [-0.25, -0.2) is 0 Å². The van der Waals surface area contributed by atoms with Gasteiger partial charge in [0.2, 0.25) is 0 Å². The molecule has 2 rings (SSSR count). The van der Waals surface area contributed by atoms with Crippen LogP contribution in [0.4, 0.5) is 0 Å². The molecule has 3 nitrogen and oxygen atoms in total. The Labute approximate surface area is 86.0 Å². The van der Waals surface area contributed by atoms with E-state index in [-0.39, 0.29) is 0 Å². The van der Waals surface area contributed by atoms with Crippen molar-refractivity contribution >= 4 is 17.6 Å². The standard InChI is InChI=1S/C10H10N2OS/c1-7-3-9(14-6-7)10-8(5-13)4-12(2)11-10/h3-6H,1-2H3. The average Bonchev–Trinajstić information content (AvgIpc) is 2.71. The molecule has 0 N–H and O–H groups in total. The molecule has 0 aliphatic heterocycles. The normalized spacial score (nSPS) is 10.4. The largest absolute Gasteiger partial charge is 0.298 e. The molecular formula is C10H10N2OS. The summed E-state index contributed by atoms with van der Waals surface area (Å²) in [6.45, 7) is 2.03. The molecule has 0 aliphatic carbocycles. The SMILES string of the molecule is Cc1csc(-c2nn(C)cc2C=O)c1. The lowest BCUT2D eigenvalue weighted by Gasteiger charge is -1.90. The predicted octanol–water partition coefficient (Wildman–Crippen LogP) is 2.27. The molecule has 0 bridgehead atoms. The lowest BCUT2D eigenvalue weighted by atomic mass is 10.2. The molecule has 0 aliphatic rings. The maximum Gasteiger partial charge on any atom is 0.153 e. The van der Waals surface area contributed by atoms with Crippen molar-refractivity contribution in [2.24, 2.45) is 7.05 Å². The quantitative estimate of drug-likeness (QED) is 0.706. The maximum absolute atomic E-state index is 10.8. The Bertz CT molecular complexity index is 470. The van der Waals surface area contributed by atoms with Crippen molar-refractivity contribution in [2.75, 3.05) is 0 Å². The molecule has 2 aromatic rings. The number of hydrogen-bond acceptors (Lipinski definition) is 3. The van der Waals surface area contributed by atoms with Gasteiger partial charge in [-0.2, -0.15) is 5.10 Å². The second kappa shape index (κ2) is 3.38.